The zero-order valence-corrected chi connectivity index (χ0v) is 15.3. The maximum Gasteiger partial charge on any atom is 0.228 e. The lowest BCUT2D eigenvalue weighted by Crippen LogP contribution is -2.29. The molecular formula is C20H21ClN2O3. The fourth-order valence-electron chi connectivity index (χ4n) is 2.90. The third kappa shape index (κ3) is 4.55. The molecule has 2 N–H and O–H groups in total. The van der Waals surface area contributed by atoms with Gasteiger partial charge in [-0.05, 0) is 48.7 Å². The molecule has 0 bridgehead atoms. The maximum atomic E-state index is 12.2. The molecule has 0 saturated heterocycles. The summed E-state index contributed by atoms with van der Waals surface area (Å²) in [6.07, 6.45) is 1.27. The monoisotopic (exact) mass is 372 g/mol. The number of amides is 2. The van der Waals surface area contributed by atoms with Crippen LogP contribution >= 0.6 is 11.6 Å². The number of carbonyl (C=O) groups is 2. The third-order valence-electron chi connectivity index (χ3n) is 4.46. The van der Waals surface area contributed by atoms with Crippen molar-refractivity contribution < 1.29 is 14.3 Å². The number of benzene rings is 2. The number of halogens is 1. The minimum atomic E-state index is -0.267. The van der Waals surface area contributed by atoms with E-state index in [1.54, 1.807) is 31.4 Å². The predicted octanol–water partition coefficient (Wildman–Crippen LogP) is 3.28. The second kappa shape index (κ2) is 8.23. The Labute approximate surface area is 157 Å². The molecule has 6 heteroatoms. The van der Waals surface area contributed by atoms with Crippen LogP contribution in [0.1, 0.15) is 12.0 Å². The van der Waals surface area contributed by atoms with Gasteiger partial charge in [0.15, 0.2) is 0 Å². The first-order chi connectivity index (χ1) is 12.6. The Bertz CT molecular complexity index is 792. The van der Waals surface area contributed by atoms with E-state index >= 15 is 0 Å². The van der Waals surface area contributed by atoms with E-state index in [9.17, 15) is 9.59 Å². The van der Waals surface area contributed by atoms with Gasteiger partial charge in [-0.3, -0.25) is 9.59 Å². The fraction of sp³-hybridized carbons (Fsp3) is 0.300. The van der Waals surface area contributed by atoms with Crippen LogP contribution in [0.5, 0.6) is 5.75 Å². The molecule has 0 heterocycles. The van der Waals surface area contributed by atoms with E-state index in [0.29, 0.717) is 30.1 Å². The average Bonchev–Trinajstić information content (AvgIpc) is 3.45. The first-order valence-electron chi connectivity index (χ1n) is 8.54. The smallest absolute Gasteiger partial charge is 0.228 e. The zero-order valence-electron chi connectivity index (χ0n) is 14.5. The van der Waals surface area contributed by atoms with E-state index in [1.807, 2.05) is 24.3 Å². The summed E-state index contributed by atoms with van der Waals surface area (Å²) in [5, 5.41) is 6.34. The van der Waals surface area contributed by atoms with E-state index in [1.165, 1.54) is 0 Å². The molecule has 0 radical (unpaired) electrons. The Hall–Kier alpha value is -2.53. The van der Waals surface area contributed by atoms with E-state index in [4.69, 9.17) is 16.3 Å². The minimum Gasteiger partial charge on any atom is -0.496 e. The van der Waals surface area contributed by atoms with Crippen molar-refractivity contribution in [2.45, 2.75) is 12.8 Å². The van der Waals surface area contributed by atoms with Crippen molar-refractivity contribution >= 4 is 29.1 Å². The van der Waals surface area contributed by atoms with Gasteiger partial charge >= 0.3 is 0 Å². The number of rotatable bonds is 7. The highest BCUT2D eigenvalue weighted by Gasteiger charge is 2.47. The molecule has 2 aromatic rings. The van der Waals surface area contributed by atoms with E-state index in [0.717, 1.165) is 11.3 Å². The summed E-state index contributed by atoms with van der Waals surface area (Å²) in [4.78, 5) is 24.4. The summed E-state index contributed by atoms with van der Waals surface area (Å²) in [6.45, 7) is 0.515. The van der Waals surface area contributed by atoms with Gasteiger partial charge in [-0.25, -0.2) is 0 Å². The molecule has 0 aliphatic heterocycles. The van der Waals surface area contributed by atoms with Crippen molar-refractivity contribution in [1.82, 2.24) is 5.32 Å². The van der Waals surface area contributed by atoms with Gasteiger partial charge in [-0.1, -0.05) is 29.8 Å². The van der Waals surface area contributed by atoms with Crippen LogP contribution < -0.4 is 15.4 Å². The van der Waals surface area contributed by atoms with Gasteiger partial charge in [0.1, 0.15) is 5.75 Å². The summed E-state index contributed by atoms with van der Waals surface area (Å²) in [5.74, 6) is 0.0960. The van der Waals surface area contributed by atoms with Crippen molar-refractivity contribution in [3.8, 4) is 5.75 Å². The van der Waals surface area contributed by atoms with Gasteiger partial charge in [0.05, 0.1) is 18.9 Å². The largest absolute Gasteiger partial charge is 0.496 e. The van der Waals surface area contributed by atoms with Gasteiger partial charge < -0.3 is 15.4 Å². The van der Waals surface area contributed by atoms with Gasteiger partial charge in [-0.2, -0.15) is 0 Å². The Kier molecular flexibility index (Phi) is 5.78. The molecule has 2 atom stereocenters. The highest BCUT2D eigenvalue weighted by Crippen LogP contribution is 2.39. The van der Waals surface area contributed by atoms with Crippen LogP contribution in [-0.4, -0.2) is 25.5 Å². The molecule has 1 aliphatic rings. The van der Waals surface area contributed by atoms with Crippen LogP contribution in [0.25, 0.3) is 0 Å². The fourth-order valence-corrected chi connectivity index (χ4v) is 3.03. The van der Waals surface area contributed by atoms with Gasteiger partial charge in [0.2, 0.25) is 11.8 Å². The second-order valence-electron chi connectivity index (χ2n) is 6.30. The number of ether oxygens (including phenoxy) is 1. The van der Waals surface area contributed by atoms with Gasteiger partial charge in [0, 0.05) is 17.3 Å². The Morgan fingerprint density at radius 2 is 1.77 bits per heavy atom. The quantitative estimate of drug-likeness (QED) is 0.783. The molecule has 1 fully saturated rings. The molecule has 2 aromatic carbocycles. The van der Waals surface area contributed by atoms with Gasteiger partial charge in [-0.15, -0.1) is 0 Å². The van der Waals surface area contributed by atoms with Crippen molar-refractivity contribution in [3.05, 3.63) is 59.1 Å². The molecule has 5 nitrogen and oxygen atoms in total. The molecule has 1 saturated carbocycles. The van der Waals surface area contributed by atoms with Crippen LogP contribution in [0.3, 0.4) is 0 Å². The van der Waals surface area contributed by atoms with Crippen LogP contribution in [0.2, 0.25) is 5.02 Å². The predicted molar refractivity (Wildman–Crippen MR) is 101 cm³/mol. The molecule has 2 unspecified atom stereocenters. The number of hydrogen-bond donors (Lipinski definition) is 2. The summed E-state index contributed by atoms with van der Waals surface area (Å²) < 4.78 is 5.30. The Morgan fingerprint density at radius 1 is 1.08 bits per heavy atom. The SMILES string of the molecule is COc1ccccc1CCNC(=O)C1CC1C(=O)Nc1ccc(Cl)cc1. The van der Waals surface area contributed by atoms with Crippen LogP contribution in [0.4, 0.5) is 5.69 Å². The first-order valence-corrected chi connectivity index (χ1v) is 8.92. The molecule has 1 aliphatic carbocycles. The normalized spacial score (nSPS) is 18.1. The summed E-state index contributed by atoms with van der Waals surface area (Å²) in [7, 11) is 1.63. The van der Waals surface area contributed by atoms with Gasteiger partial charge in [0.25, 0.3) is 0 Å². The second-order valence-corrected chi connectivity index (χ2v) is 6.73. The third-order valence-corrected chi connectivity index (χ3v) is 4.71. The molecule has 26 heavy (non-hydrogen) atoms. The summed E-state index contributed by atoms with van der Waals surface area (Å²) in [5.41, 5.74) is 1.73. The van der Waals surface area contributed by atoms with E-state index in [-0.39, 0.29) is 23.7 Å². The Balaban J connectivity index is 1.43. The molecule has 2 amide bonds. The molecular weight excluding hydrogens is 352 g/mol. The molecule has 136 valence electrons. The number of methoxy groups -OCH3 is 1. The van der Waals surface area contributed by atoms with Crippen molar-refractivity contribution in [3.63, 3.8) is 0 Å². The van der Waals surface area contributed by atoms with Crippen LogP contribution in [0.15, 0.2) is 48.5 Å². The summed E-state index contributed by atoms with van der Waals surface area (Å²) >= 11 is 5.83. The highest BCUT2D eigenvalue weighted by atomic mass is 35.5. The number of hydrogen-bond acceptors (Lipinski definition) is 3. The van der Waals surface area contributed by atoms with E-state index in [2.05, 4.69) is 10.6 Å². The van der Waals surface area contributed by atoms with E-state index < -0.39 is 0 Å². The van der Waals surface area contributed by atoms with Crippen molar-refractivity contribution in [1.29, 1.82) is 0 Å². The summed E-state index contributed by atoms with van der Waals surface area (Å²) in [6, 6.07) is 14.6. The lowest BCUT2D eigenvalue weighted by atomic mass is 10.1. The number of nitrogens with one attached hydrogen (secondary N) is 2. The number of carbonyl (C=O) groups excluding carboxylic acids is 2. The molecule has 0 aromatic heterocycles. The maximum absolute atomic E-state index is 12.2. The standard InChI is InChI=1S/C20H21ClN2O3/c1-26-18-5-3-2-4-13(18)10-11-22-19(24)16-12-17(16)20(25)23-15-8-6-14(21)7-9-15/h2-9,16-17H,10-12H2,1H3,(H,22,24)(H,23,25). The van der Waals surface area contributed by atoms with Crippen molar-refractivity contribution in [2.24, 2.45) is 11.8 Å². The Morgan fingerprint density at radius 3 is 2.50 bits per heavy atom. The lowest BCUT2D eigenvalue weighted by Gasteiger charge is -2.09. The molecule has 0 spiro atoms. The van der Waals surface area contributed by atoms with Crippen LogP contribution in [0, 0.1) is 11.8 Å². The van der Waals surface area contributed by atoms with Crippen molar-refractivity contribution in [2.75, 3.05) is 19.0 Å². The number of anilines is 1. The highest BCUT2D eigenvalue weighted by molar-refractivity contribution is 6.30. The molecule has 3 rings (SSSR count). The lowest BCUT2D eigenvalue weighted by molar-refractivity contribution is -0.125. The first kappa shape index (κ1) is 18.3. The number of para-hydroxylation sites is 1. The zero-order chi connectivity index (χ0) is 18.5. The average molecular weight is 373 g/mol. The van der Waals surface area contributed by atoms with Crippen LogP contribution in [-0.2, 0) is 16.0 Å². The topological polar surface area (TPSA) is 67.4 Å². The minimum absolute atomic E-state index is 0.0730.